The minimum absolute atomic E-state index is 0.0465. The fourth-order valence-electron chi connectivity index (χ4n) is 6.10. The molecule has 1 aromatic rings. The first-order chi connectivity index (χ1) is 21.7. The lowest BCUT2D eigenvalue weighted by atomic mass is 10.0. The summed E-state index contributed by atoms with van der Waals surface area (Å²) in [6.45, 7) is 7.57. The van der Waals surface area contributed by atoms with Gasteiger partial charge in [0.1, 0.15) is 5.75 Å². The molecule has 0 radical (unpaired) electrons. The summed E-state index contributed by atoms with van der Waals surface area (Å²) in [4.78, 5) is 12.7. The number of rotatable bonds is 33. The minimum atomic E-state index is 0.0465. The smallest absolute Gasteiger partial charge is 0.187 e. The van der Waals surface area contributed by atoms with E-state index in [2.05, 4.69) is 26.1 Å². The fraction of sp³-hybridized carbons (Fsp3) is 0.780. The van der Waals surface area contributed by atoms with Crippen LogP contribution in [0.25, 0.3) is 0 Å². The van der Waals surface area contributed by atoms with Crippen LogP contribution in [0.5, 0.6) is 5.75 Å². The van der Waals surface area contributed by atoms with Gasteiger partial charge in [-0.25, -0.2) is 0 Å². The number of carbonyl (C=O) groups is 1. The van der Waals surface area contributed by atoms with Gasteiger partial charge in [-0.1, -0.05) is 175 Å². The Labute approximate surface area is 274 Å². The summed E-state index contributed by atoms with van der Waals surface area (Å²) < 4.78 is 5.93. The molecule has 1 unspecified atom stereocenters. The summed E-state index contributed by atoms with van der Waals surface area (Å²) in [5.74, 6) is 0.906. The Hall–Kier alpha value is -1.77. The zero-order valence-corrected chi connectivity index (χ0v) is 29.7. The fourth-order valence-corrected chi connectivity index (χ4v) is 6.10. The summed E-state index contributed by atoms with van der Waals surface area (Å²) >= 11 is 0. The first kappa shape index (κ1) is 40.3. The molecular weight excluding hydrogens is 538 g/mol. The van der Waals surface area contributed by atoms with Crippen LogP contribution in [0.1, 0.15) is 204 Å². The van der Waals surface area contributed by atoms with Gasteiger partial charge in [0.05, 0.1) is 6.61 Å². The number of allylic oxidation sites excluding steroid dienone is 1. The molecule has 1 rings (SSSR count). The van der Waals surface area contributed by atoms with Crippen LogP contribution in [0.2, 0.25) is 0 Å². The van der Waals surface area contributed by atoms with Gasteiger partial charge in [-0.15, -0.1) is 0 Å². The Morgan fingerprint density at radius 2 is 1.00 bits per heavy atom. The molecule has 0 amide bonds. The summed E-state index contributed by atoms with van der Waals surface area (Å²) in [5.41, 5.74) is 0.716. The Balaban J connectivity index is 2.09. The Kier molecular flexibility index (Phi) is 28.6. The molecule has 1 aromatic carbocycles. The van der Waals surface area contributed by atoms with E-state index in [-0.39, 0.29) is 5.78 Å². The van der Waals surface area contributed by atoms with Crippen LogP contribution in [0, 0.1) is 0 Å². The van der Waals surface area contributed by atoms with E-state index in [4.69, 9.17) is 4.74 Å². The summed E-state index contributed by atoms with van der Waals surface area (Å²) in [5, 5.41) is 3.51. The highest BCUT2D eigenvalue weighted by Gasteiger charge is 2.07. The van der Waals surface area contributed by atoms with Gasteiger partial charge in [-0.2, -0.15) is 0 Å². The second-order valence-corrected chi connectivity index (χ2v) is 13.3. The SMILES string of the molecule is CCCCCCCCCCCCCCCCOc1ccc(C(=O)C=CNC(CCC)CCCCCCCCCCCC)cc1. The number of benzene rings is 1. The molecule has 0 bridgehead atoms. The second kappa shape index (κ2) is 31.2. The third-order valence-corrected chi connectivity index (χ3v) is 9.02. The van der Waals surface area contributed by atoms with Crippen LogP contribution < -0.4 is 10.1 Å². The van der Waals surface area contributed by atoms with Gasteiger partial charge in [-0.3, -0.25) is 4.79 Å². The molecule has 254 valence electrons. The number of nitrogens with one attached hydrogen (secondary N) is 1. The molecule has 0 saturated carbocycles. The highest BCUT2D eigenvalue weighted by atomic mass is 16.5. The predicted molar refractivity (Wildman–Crippen MR) is 194 cm³/mol. The standard InChI is InChI=1S/C41H73NO2/c1-4-7-9-11-13-15-17-18-19-20-22-24-26-28-37-44-40-33-31-38(32-34-40)41(43)35-36-42-39(29-6-3)30-27-25-23-21-16-14-12-10-8-5-2/h31-36,39,42H,4-30,37H2,1-3H3. The van der Waals surface area contributed by atoms with E-state index < -0.39 is 0 Å². The molecule has 3 heteroatoms. The Bertz CT molecular complexity index is 771. The van der Waals surface area contributed by atoms with Crippen LogP contribution in [-0.4, -0.2) is 18.4 Å². The Morgan fingerprint density at radius 3 is 1.45 bits per heavy atom. The van der Waals surface area contributed by atoms with Crippen LogP contribution in [0.4, 0.5) is 0 Å². The number of hydrogen-bond donors (Lipinski definition) is 1. The first-order valence-corrected chi connectivity index (χ1v) is 19.4. The van der Waals surface area contributed by atoms with Crippen molar-refractivity contribution in [2.24, 2.45) is 0 Å². The Morgan fingerprint density at radius 1 is 0.568 bits per heavy atom. The van der Waals surface area contributed by atoms with Crippen molar-refractivity contribution in [3.63, 3.8) is 0 Å². The third kappa shape index (κ3) is 24.5. The lowest BCUT2D eigenvalue weighted by Gasteiger charge is -2.16. The molecule has 0 aromatic heterocycles. The average Bonchev–Trinajstić information content (AvgIpc) is 3.04. The van der Waals surface area contributed by atoms with Crippen molar-refractivity contribution >= 4 is 5.78 Å². The number of unbranched alkanes of at least 4 members (excludes halogenated alkanes) is 22. The van der Waals surface area contributed by atoms with Crippen LogP contribution in [0.15, 0.2) is 36.5 Å². The van der Waals surface area contributed by atoms with Crippen molar-refractivity contribution in [3.8, 4) is 5.75 Å². The van der Waals surface area contributed by atoms with Gasteiger partial charge < -0.3 is 10.1 Å². The zero-order valence-electron chi connectivity index (χ0n) is 29.7. The largest absolute Gasteiger partial charge is 0.494 e. The van der Waals surface area contributed by atoms with Crippen molar-refractivity contribution < 1.29 is 9.53 Å². The third-order valence-electron chi connectivity index (χ3n) is 9.02. The monoisotopic (exact) mass is 612 g/mol. The molecule has 0 aliphatic rings. The molecule has 0 aliphatic heterocycles. The molecule has 0 spiro atoms. The molecule has 0 fully saturated rings. The van der Waals surface area contributed by atoms with E-state index in [1.54, 1.807) is 6.08 Å². The zero-order chi connectivity index (χ0) is 31.8. The van der Waals surface area contributed by atoms with Gasteiger partial charge in [0.25, 0.3) is 0 Å². The quantitative estimate of drug-likeness (QED) is 0.0488. The predicted octanol–water partition coefficient (Wildman–Crippen LogP) is 13.3. The van der Waals surface area contributed by atoms with E-state index in [1.807, 2.05) is 30.5 Å². The molecule has 1 atom stereocenters. The van der Waals surface area contributed by atoms with Crippen molar-refractivity contribution in [2.75, 3.05) is 6.61 Å². The molecular formula is C41H73NO2. The minimum Gasteiger partial charge on any atom is -0.494 e. The van der Waals surface area contributed by atoms with Crippen LogP contribution in [-0.2, 0) is 0 Å². The number of carbonyl (C=O) groups excluding carboxylic acids is 1. The van der Waals surface area contributed by atoms with Gasteiger partial charge in [0.2, 0.25) is 0 Å². The molecule has 3 nitrogen and oxygen atoms in total. The van der Waals surface area contributed by atoms with Gasteiger partial charge in [-0.05, 0) is 43.5 Å². The molecule has 1 N–H and O–H groups in total. The van der Waals surface area contributed by atoms with Crippen LogP contribution in [0.3, 0.4) is 0 Å². The average molecular weight is 612 g/mol. The van der Waals surface area contributed by atoms with E-state index in [0.29, 0.717) is 11.6 Å². The summed E-state index contributed by atoms with van der Waals surface area (Å²) in [6, 6.07) is 8.11. The topological polar surface area (TPSA) is 38.3 Å². The molecule has 0 saturated heterocycles. The normalized spacial score (nSPS) is 12.2. The molecule has 0 aliphatic carbocycles. The first-order valence-electron chi connectivity index (χ1n) is 19.4. The lowest BCUT2D eigenvalue weighted by Crippen LogP contribution is -2.24. The molecule has 44 heavy (non-hydrogen) atoms. The van der Waals surface area contributed by atoms with E-state index >= 15 is 0 Å². The highest BCUT2D eigenvalue weighted by molar-refractivity contribution is 6.04. The van der Waals surface area contributed by atoms with E-state index in [1.165, 1.54) is 154 Å². The van der Waals surface area contributed by atoms with Crippen molar-refractivity contribution in [3.05, 3.63) is 42.1 Å². The lowest BCUT2D eigenvalue weighted by molar-refractivity contribution is 0.104. The van der Waals surface area contributed by atoms with Gasteiger partial charge >= 0.3 is 0 Å². The second-order valence-electron chi connectivity index (χ2n) is 13.3. The maximum atomic E-state index is 12.7. The van der Waals surface area contributed by atoms with Crippen molar-refractivity contribution in [1.82, 2.24) is 5.32 Å². The van der Waals surface area contributed by atoms with Gasteiger partial charge in [0.15, 0.2) is 5.78 Å². The van der Waals surface area contributed by atoms with E-state index in [9.17, 15) is 4.79 Å². The summed E-state index contributed by atoms with van der Waals surface area (Å²) in [6.07, 6.45) is 39.9. The van der Waals surface area contributed by atoms with Crippen molar-refractivity contribution in [2.45, 2.75) is 200 Å². The molecule has 0 heterocycles. The van der Waals surface area contributed by atoms with Crippen molar-refractivity contribution in [1.29, 1.82) is 0 Å². The van der Waals surface area contributed by atoms with E-state index in [0.717, 1.165) is 31.6 Å². The number of ether oxygens (including phenoxy) is 1. The van der Waals surface area contributed by atoms with Crippen LogP contribution >= 0.6 is 0 Å². The highest BCUT2D eigenvalue weighted by Crippen LogP contribution is 2.17. The van der Waals surface area contributed by atoms with Gasteiger partial charge in [0, 0.05) is 23.9 Å². The maximum absolute atomic E-state index is 12.7. The number of ketones is 1. The summed E-state index contributed by atoms with van der Waals surface area (Å²) in [7, 11) is 0. The maximum Gasteiger partial charge on any atom is 0.187 e. The number of hydrogen-bond acceptors (Lipinski definition) is 3.